The molecule has 7 heteroatoms. The van der Waals surface area contributed by atoms with E-state index in [1.165, 1.54) is 6.07 Å². The van der Waals surface area contributed by atoms with Crippen LogP contribution in [0.25, 0.3) is 10.1 Å². The third-order valence-electron chi connectivity index (χ3n) is 4.87. The summed E-state index contributed by atoms with van der Waals surface area (Å²) < 4.78 is 54.0. The molecule has 0 spiro atoms. The molecular weight excluding hydrogens is 425 g/mol. The second kappa shape index (κ2) is 9.69. The lowest BCUT2D eigenvalue weighted by Gasteiger charge is -2.27. The van der Waals surface area contributed by atoms with Crippen molar-refractivity contribution < 1.29 is 22.4 Å². The van der Waals surface area contributed by atoms with Gasteiger partial charge in [-0.05, 0) is 60.9 Å². The first-order chi connectivity index (χ1) is 14.2. The summed E-state index contributed by atoms with van der Waals surface area (Å²) in [5.41, 5.74) is 0.943. The zero-order chi connectivity index (χ0) is 21.9. The van der Waals surface area contributed by atoms with Gasteiger partial charge < -0.3 is 9.05 Å². The number of hydrogen-bond donors (Lipinski definition) is 0. The second-order valence-electron chi connectivity index (χ2n) is 7.70. The van der Waals surface area contributed by atoms with Gasteiger partial charge in [-0.25, -0.2) is 8.78 Å². The Bertz CT molecular complexity index is 1060. The highest BCUT2D eigenvalue weighted by atomic mass is 32.1. The lowest BCUT2D eigenvalue weighted by molar-refractivity contribution is 0.186. The van der Waals surface area contributed by atoms with E-state index in [9.17, 15) is 13.3 Å². The normalized spacial score (nSPS) is 14.9. The Labute approximate surface area is 180 Å². The summed E-state index contributed by atoms with van der Waals surface area (Å²) in [7, 11) is -3.59. The number of benzene rings is 2. The lowest BCUT2D eigenvalue weighted by atomic mass is 10.0. The van der Waals surface area contributed by atoms with Gasteiger partial charge in [-0.2, -0.15) is 0 Å². The molecule has 162 valence electrons. The van der Waals surface area contributed by atoms with E-state index >= 15 is 0 Å². The van der Waals surface area contributed by atoms with Crippen LogP contribution in [-0.2, 0) is 20.0 Å². The molecule has 0 aliphatic heterocycles. The van der Waals surface area contributed by atoms with Crippen LogP contribution in [0.5, 0.6) is 0 Å². The van der Waals surface area contributed by atoms with Crippen molar-refractivity contribution in [2.24, 2.45) is 5.92 Å². The first-order valence-corrected chi connectivity index (χ1v) is 12.5. The summed E-state index contributed by atoms with van der Waals surface area (Å²) in [4.78, 5) is 0.890. The number of thiophene rings is 1. The molecule has 0 radical (unpaired) electrons. The summed E-state index contributed by atoms with van der Waals surface area (Å²) in [5, 5.41) is 1.08. The van der Waals surface area contributed by atoms with Crippen molar-refractivity contribution in [1.82, 2.24) is 0 Å². The highest BCUT2D eigenvalue weighted by Crippen LogP contribution is 2.64. The predicted molar refractivity (Wildman–Crippen MR) is 119 cm³/mol. The molecule has 0 aliphatic carbocycles. The quantitative estimate of drug-likeness (QED) is 0.313. The average molecular weight is 453 g/mol. The van der Waals surface area contributed by atoms with Gasteiger partial charge in [-0.1, -0.05) is 38.1 Å². The van der Waals surface area contributed by atoms with Crippen LogP contribution in [0.2, 0.25) is 0 Å². The minimum atomic E-state index is -3.59. The molecule has 3 aromatic rings. The molecule has 2 unspecified atom stereocenters. The molecule has 3 nitrogen and oxygen atoms in total. The van der Waals surface area contributed by atoms with E-state index in [0.29, 0.717) is 5.56 Å². The molecule has 0 fully saturated rings. The molecule has 1 heterocycles. The van der Waals surface area contributed by atoms with Gasteiger partial charge in [-0.15, -0.1) is 11.3 Å². The molecule has 30 heavy (non-hydrogen) atoms. The second-order valence-corrected chi connectivity index (χ2v) is 11.0. The van der Waals surface area contributed by atoms with Crippen molar-refractivity contribution in [1.29, 1.82) is 0 Å². The van der Waals surface area contributed by atoms with E-state index < -0.39 is 24.9 Å². The van der Waals surface area contributed by atoms with Crippen molar-refractivity contribution >= 4 is 29.0 Å². The molecule has 0 aliphatic rings. The highest BCUT2D eigenvalue weighted by Gasteiger charge is 2.39. The Morgan fingerprint density at radius 2 is 1.80 bits per heavy atom. The molecule has 3 rings (SSSR count). The molecule has 2 atom stereocenters. The first-order valence-electron chi connectivity index (χ1n) is 10.1. The molecule has 0 amide bonds. The SMILES string of the molecule is CCOP(=O)(OCC(C)C)C(Cc1ccc(F)c(F)c1)c1sc2ccccc2c1C. The summed E-state index contributed by atoms with van der Waals surface area (Å²) in [6.07, 6.45) is 0.222. The van der Waals surface area contributed by atoms with E-state index in [1.54, 1.807) is 18.3 Å². The average Bonchev–Trinajstić information content (AvgIpc) is 3.04. The number of aryl methyl sites for hydroxylation is 1. The van der Waals surface area contributed by atoms with Gasteiger partial charge >= 0.3 is 7.60 Å². The van der Waals surface area contributed by atoms with Gasteiger partial charge in [0.15, 0.2) is 11.6 Å². The van der Waals surface area contributed by atoms with Crippen LogP contribution in [0.15, 0.2) is 42.5 Å². The van der Waals surface area contributed by atoms with E-state index in [4.69, 9.17) is 9.05 Å². The zero-order valence-corrected chi connectivity index (χ0v) is 19.4. The number of fused-ring (bicyclic) bond motifs is 1. The van der Waals surface area contributed by atoms with E-state index in [0.717, 1.165) is 32.7 Å². The smallest absolute Gasteiger partial charge is 0.308 e. The van der Waals surface area contributed by atoms with Crippen LogP contribution >= 0.6 is 18.9 Å². The van der Waals surface area contributed by atoms with Crippen molar-refractivity contribution in [3.05, 3.63) is 70.1 Å². The number of rotatable bonds is 9. The molecule has 1 aromatic heterocycles. The predicted octanol–water partition coefficient (Wildman–Crippen LogP) is 7.67. The first kappa shape index (κ1) is 23.1. The van der Waals surface area contributed by atoms with Crippen LogP contribution in [0, 0.1) is 24.5 Å². The monoisotopic (exact) mass is 452 g/mol. The van der Waals surface area contributed by atoms with Gasteiger partial charge in [-0.3, -0.25) is 4.57 Å². The van der Waals surface area contributed by atoms with Crippen LogP contribution in [-0.4, -0.2) is 13.2 Å². The van der Waals surface area contributed by atoms with Crippen molar-refractivity contribution in [2.75, 3.05) is 13.2 Å². The summed E-state index contributed by atoms with van der Waals surface area (Å²) in [5.74, 6) is -1.66. The van der Waals surface area contributed by atoms with E-state index in [2.05, 4.69) is 0 Å². The van der Waals surface area contributed by atoms with Gasteiger partial charge in [0.05, 0.1) is 18.9 Å². The maximum Gasteiger partial charge on any atom is 0.339 e. The van der Waals surface area contributed by atoms with Gasteiger partial charge in [0.2, 0.25) is 0 Å². The largest absolute Gasteiger partial charge is 0.339 e. The third-order valence-corrected chi connectivity index (χ3v) is 8.77. The van der Waals surface area contributed by atoms with Gasteiger partial charge in [0.25, 0.3) is 0 Å². The molecular formula is C23H27F2O3PS. The minimum Gasteiger partial charge on any atom is -0.308 e. The zero-order valence-electron chi connectivity index (χ0n) is 17.7. The maximum absolute atomic E-state index is 14.0. The Morgan fingerprint density at radius 3 is 2.43 bits per heavy atom. The Balaban J connectivity index is 2.11. The summed E-state index contributed by atoms with van der Waals surface area (Å²) in [6.45, 7) is 8.24. The maximum atomic E-state index is 14.0. The number of hydrogen-bond acceptors (Lipinski definition) is 4. The summed E-state index contributed by atoms with van der Waals surface area (Å²) >= 11 is 1.55. The Hall–Kier alpha value is -1.59. The number of halogens is 2. The van der Waals surface area contributed by atoms with E-state index in [-0.39, 0.29) is 25.6 Å². The van der Waals surface area contributed by atoms with Crippen molar-refractivity contribution in [3.63, 3.8) is 0 Å². The topological polar surface area (TPSA) is 35.5 Å². The molecule has 0 N–H and O–H groups in total. The lowest BCUT2D eigenvalue weighted by Crippen LogP contribution is -2.12. The summed E-state index contributed by atoms with van der Waals surface area (Å²) in [6, 6.07) is 11.7. The van der Waals surface area contributed by atoms with Gasteiger partial charge in [0.1, 0.15) is 0 Å². The highest BCUT2D eigenvalue weighted by molar-refractivity contribution is 7.54. The van der Waals surface area contributed by atoms with E-state index in [1.807, 2.05) is 45.0 Å². The Morgan fingerprint density at radius 1 is 1.07 bits per heavy atom. The van der Waals surface area contributed by atoms with Crippen LogP contribution in [0.1, 0.15) is 42.4 Å². The van der Waals surface area contributed by atoms with Crippen LogP contribution in [0.4, 0.5) is 8.78 Å². The molecule has 0 saturated heterocycles. The Kier molecular flexibility index (Phi) is 7.46. The molecule has 0 bridgehead atoms. The van der Waals surface area contributed by atoms with Crippen LogP contribution < -0.4 is 0 Å². The minimum absolute atomic E-state index is 0.172. The van der Waals surface area contributed by atoms with Crippen molar-refractivity contribution in [2.45, 2.75) is 39.8 Å². The molecule has 0 saturated carbocycles. The third kappa shape index (κ3) is 5.00. The fraction of sp³-hybridized carbons (Fsp3) is 0.391. The van der Waals surface area contributed by atoms with Gasteiger partial charge in [0, 0.05) is 9.58 Å². The van der Waals surface area contributed by atoms with Crippen LogP contribution in [0.3, 0.4) is 0 Å². The standard InChI is InChI=1S/C23H27F2O3PS/c1-5-27-29(26,28-14-15(2)3)21(13-17-10-11-19(24)20(25)12-17)23-16(4)18-8-6-7-9-22(18)30-23/h6-12,15,21H,5,13-14H2,1-4H3. The fourth-order valence-electron chi connectivity index (χ4n) is 3.40. The molecule has 2 aromatic carbocycles. The van der Waals surface area contributed by atoms with Crippen molar-refractivity contribution in [3.8, 4) is 0 Å². The fourth-order valence-corrected chi connectivity index (χ4v) is 7.36.